The van der Waals surface area contributed by atoms with Crippen LogP contribution < -0.4 is 15.9 Å². The van der Waals surface area contributed by atoms with Crippen molar-refractivity contribution in [3.8, 4) is 6.07 Å². The third kappa shape index (κ3) is 5.27. The number of nitriles is 1. The first kappa shape index (κ1) is 26.1. The van der Waals surface area contributed by atoms with Crippen molar-refractivity contribution in [2.45, 2.75) is 51.9 Å². The summed E-state index contributed by atoms with van der Waals surface area (Å²) in [5.74, 6) is 0.538. The van der Waals surface area contributed by atoms with Crippen LogP contribution in [0.2, 0.25) is 0 Å². The monoisotopic (exact) mass is 503 g/mol. The average Bonchev–Trinajstić information content (AvgIpc) is 2.93. The van der Waals surface area contributed by atoms with Gasteiger partial charge in [0.1, 0.15) is 17.3 Å². The van der Waals surface area contributed by atoms with Gasteiger partial charge in [-0.25, -0.2) is 14.6 Å². The first-order valence-corrected chi connectivity index (χ1v) is 12.5. The summed E-state index contributed by atoms with van der Waals surface area (Å²) >= 11 is 0. The van der Waals surface area contributed by atoms with Crippen molar-refractivity contribution < 1.29 is 9.53 Å². The van der Waals surface area contributed by atoms with E-state index in [1.54, 1.807) is 19.2 Å². The predicted octanol–water partition coefficient (Wildman–Crippen LogP) is 3.11. The number of nitrogens with one attached hydrogen (secondary N) is 1. The molecule has 1 aliphatic heterocycles. The Bertz CT molecular complexity index is 1380. The summed E-state index contributed by atoms with van der Waals surface area (Å²) in [5.41, 5.74) is 3.38. The Labute approximate surface area is 216 Å². The van der Waals surface area contributed by atoms with Crippen LogP contribution in [0.4, 0.5) is 10.6 Å². The van der Waals surface area contributed by atoms with Gasteiger partial charge in [-0.2, -0.15) is 10.2 Å². The smallest absolute Gasteiger partial charge is 0.407 e. The molecule has 10 nitrogen and oxygen atoms in total. The molecule has 1 aliphatic rings. The topological polar surface area (TPSA) is 116 Å². The molecule has 3 heterocycles. The first-order valence-electron chi connectivity index (χ1n) is 12.5. The summed E-state index contributed by atoms with van der Waals surface area (Å²) in [7, 11) is 3.02. The van der Waals surface area contributed by atoms with Gasteiger partial charge in [-0.1, -0.05) is 31.2 Å². The number of benzene rings is 1. The number of fused-ring (bicyclic) bond motifs is 1. The minimum Gasteiger partial charge on any atom is -0.453 e. The number of anilines is 1. The van der Waals surface area contributed by atoms with Gasteiger partial charge in [0.15, 0.2) is 5.82 Å². The Morgan fingerprint density at radius 2 is 1.95 bits per heavy atom. The molecule has 0 saturated carbocycles. The lowest BCUT2D eigenvalue weighted by atomic mass is 9.98. The van der Waals surface area contributed by atoms with Crippen LogP contribution in [-0.4, -0.2) is 57.8 Å². The maximum absolute atomic E-state index is 12.7. The number of methoxy groups -OCH3 is 1. The Hall–Kier alpha value is -3.97. The van der Waals surface area contributed by atoms with Crippen molar-refractivity contribution in [3.63, 3.8) is 0 Å². The molecule has 3 aromatic rings. The van der Waals surface area contributed by atoms with E-state index in [-0.39, 0.29) is 23.8 Å². The van der Waals surface area contributed by atoms with Crippen LogP contribution in [0.1, 0.15) is 50.1 Å². The fourth-order valence-electron chi connectivity index (χ4n) is 5.02. The number of ether oxygens (including phenoxy) is 1. The van der Waals surface area contributed by atoms with Gasteiger partial charge in [0.05, 0.1) is 12.6 Å². The zero-order valence-electron chi connectivity index (χ0n) is 21.9. The van der Waals surface area contributed by atoms with E-state index < -0.39 is 6.09 Å². The van der Waals surface area contributed by atoms with Crippen LogP contribution in [0.5, 0.6) is 0 Å². The number of pyridine rings is 1. The van der Waals surface area contributed by atoms with Crippen molar-refractivity contribution in [3.05, 3.63) is 63.7 Å². The lowest BCUT2D eigenvalue weighted by molar-refractivity contribution is 0.106. The number of rotatable bonds is 6. The molecule has 3 atom stereocenters. The summed E-state index contributed by atoms with van der Waals surface area (Å²) < 4.78 is 6.10. The maximum atomic E-state index is 12.7. The number of hydrogen-bond donors (Lipinski definition) is 1. The summed E-state index contributed by atoms with van der Waals surface area (Å²) in [6.45, 7) is 8.39. The van der Waals surface area contributed by atoms with E-state index in [1.807, 2.05) is 12.1 Å². The lowest BCUT2D eigenvalue weighted by Gasteiger charge is -2.48. The van der Waals surface area contributed by atoms with Gasteiger partial charge in [0, 0.05) is 44.8 Å². The fraction of sp³-hybridized carbons (Fsp3) is 0.444. The van der Waals surface area contributed by atoms with Crippen molar-refractivity contribution in [2.24, 2.45) is 7.05 Å². The van der Waals surface area contributed by atoms with E-state index in [9.17, 15) is 14.9 Å². The molecule has 1 aromatic carbocycles. The average molecular weight is 504 g/mol. The molecule has 37 heavy (non-hydrogen) atoms. The van der Waals surface area contributed by atoms with E-state index in [4.69, 9.17) is 0 Å². The van der Waals surface area contributed by atoms with E-state index in [2.05, 4.69) is 68.8 Å². The molecule has 1 N–H and O–H groups in total. The molecule has 4 rings (SSSR count). The molecule has 1 saturated heterocycles. The second-order valence-corrected chi connectivity index (χ2v) is 9.48. The molecule has 1 amide bonds. The number of aryl methyl sites for hydroxylation is 1. The number of nitrogens with zero attached hydrogens (tertiary/aromatic N) is 6. The molecule has 0 radical (unpaired) electrons. The molecular formula is C27H33N7O3. The number of amides is 1. The molecule has 0 aliphatic carbocycles. The maximum Gasteiger partial charge on any atom is 0.407 e. The highest BCUT2D eigenvalue weighted by atomic mass is 16.5. The van der Waals surface area contributed by atoms with Gasteiger partial charge in [0.2, 0.25) is 0 Å². The van der Waals surface area contributed by atoms with Crippen molar-refractivity contribution in [1.29, 1.82) is 5.26 Å². The van der Waals surface area contributed by atoms with Gasteiger partial charge >= 0.3 is 11.8 Å². The third-order valence-electron chi connectivity index (χ3n) is 7.26. The number of carbonyl (C=O) groups excluding carboxylic acids is 1. The van der Waals surface area contributed by atoms with E-state index in [0.29, 0.717) is 35.6 Å². The minimum atomic E-state index is -0.451. The SMILES string of the molecule is CC[C@@H]1CN(c2nc(=O)n(C)c3ccc(C#N)nc23)[C@@H](C)CN1C(C)c1ccc(CNC(=O)OC)cc1. The van der Waals surface area contributed by atoms with Crippen LogP contribution in [-0.2, 0) is 18.3 Å². The Morgan fingerprint density at radius 1 is 1.22 bits per heavy atom. The van der Waals surface area contributed by atoms with Crippen molar-refractivity contribution >= 4 is 22.9 Å². The van der Waals surface area contributed by atoms with Crippen molar-refractivity contribution in [1.82, 2.24) is 24.8 Å². The van der Waals surface area contributed by atoms with Gasteiger partial charge in [-0.15, -0.1) is 0 Å². The summed E-state index contributed by atoms with van der Waals surface area (Å²) in [4.78, 5) is 37.6. The van der Waals surface area contributed by atoms with Crippen LogP contribution in [0.25, 0.3) is 11.0 Å². The predicted molar refractivity (Wildman–Crippen MR) is 141 cm³/mol. The molecule has 0 bridgehead atoms. The van der Waals surface area contributed by atoms with Gasteiger partial charge < -0.3 is 15.0 Å². The molecule has 1 unspecified atom stereocenters. The van der Waals surface area contributed by atoms with Crippen LogP contribution >= 0.6 is 0 Å². The van der Waals surface area contributed by atoms with E-state index in [1.165, 1.54) is 17.2 Å². The number of hydrogen-bond acceptors (Lipinski definition) is 8. The van der Waals surface area contributed by atoms with E-state index >= 15 is 0 Å². The molecule has 0 spiro atoms. The highest BCUT2D eigenvalue weighted by Crippen LogP contribution is 2.32. The Kier molecular flexibility index (Phi) is 7.74. The number of aromatic nitrogens is 3. The standard InChI is InChI=1S/C27H33N7O3/c1-6-22-16-33(25-24-23(32(4)26(35)31-25)12-11-21(13-28)30-24)17(2)15-34(22)18(3)20-9-7-19(8-10-20)14-29-27(36)37-5/h7-12,17-18,22H,6,14-16H2,1-5H3,(H,29,36)/t17-,18?,22+/m0/s1. The van der Waals surface area contributed by atoms with E-state index in [0.717, 1.165) is 18.5 Å². The van der Waals surface area contributed by atoms with Crippen molar-refractivity contribution in [2.75, 3.05) is 25.1 Å². The Balaban J connectivity index is 1.59. The molecule has 1 fully saturated rings. The van der Waals surface area contributed by atoms with Gasteiger partial charge in [0.25, 0.3) is 0 Å². The molecule has 194 valence electrons. The quantitative estimate of drug-likeness (QED) is 0.546. The highest BCUT2D eigenvalue weighted by molar-refractivity contribution is 5.86. The minimum absolute atomic E-state index is 0.0733. The van der Waals surface area contributed by atoms with Crippen LogP contribution in [0.3, 0.4) is 0 Å². The number of alkyl carbamates (subject to hydrolysis) is 1. The second kappa shape index (κ2) is 11.0. The van der Waals surface area contributed by atoms with Gasteiger partial charge in [-0.3, -0.25) is 9.47 Å². The summed E-state index contributed by atoms with van der Waals surface area (Å²) in [6, 6.07) is 14.2. The Morgan fingerprint density at radius 3 is 2.59 bits per heavy atom. The zero-order chi connectivity index (χ0) is 26.7. The number of carbonyl (C=O) groups is 1. The lowest BCUT2D eigenvalue weighted by Crippen LogP contribution is -2.58. The molecule has 2 aromatic heterocycles. The fourth-order valence-corrected chi connectivity index (χ4v) is 5.02. The first-order chi connectivity index (χ1) is 17.8. The normalized spacial score (nSPS) is 18.9. The highest BCUT2D eigenvalue weighted by Gasteiger charge is 2.35. The summed E-state index contributed by atoms with van der Waals surface area (Å²) in [5, 5.41) is 12.1. The summed E-state index contributed by atoms with van der Waals surface area (Å²) in [6.07, 6.45) is 0.474. The third-order valence-corrected chi connectivity index (χ3v) is 7.26. The number of piperazine rings is 1. The van der Waals surface area contributed by atoms with Gasteiger partial charge in [-0.05, 0) is 43.5 Å². The second-order valence-electron chi connectivity index (χ2n) is 9.48. The zero-order valence-corrected chi connectivity index (χ0v) is 21.9. The van der Waals surface area contributed by atoms with Crippen LogP contribution in [0.15, 0.2) is 41.2 Å². The molecule has 10 heteroatoms. The van der Waals surface area contributed by atoms with Crippen LogP contribution in [0, 0.1) is 11.3 Å². The molecular weight excluding hydrogens is 470 g/mol. The largest absolute Gasteiger partial charge is 0.453 e.